The van der Waals surface area contributed by atoms with Crippen LogP contribution in [0.1, 0.15) is 5.56 Å². The zero-order valence-corrected chi connectivity index (χ0v) is 13.1. The molecular weight excluding hydrogens is 313 g/mol. The van der Waals surface area contributed by atoms with Crippen LogP contribution >= 0.6 is 0 Å². The first-order chi connectivity index (χ1) is 11.5. The van der Waals surface area contributed by atoms with Crippen LogP contribution in [0.3, 0.4) is 0 Å². The normalized spacial score (nSPS) is 15.5. The van der Waals surface area contributed by atoms with E-state index in [2.05, 4.69) is 4.90 Å². The quantitative estimate of drug-likeness (QED) is 0.689. The Kier molecular flexibility index (Phi) is 4.61. The van der Waals surface area contributed by atoms with Gasteiger partial charge in [-0.15, -0.1) is 0 Å². The molecule has 0 amide bonds. The molecule has 1 aliphatic heterocycles. The molecule has 0 bridgehead atoms. The Balaban J connectivity index is 1.66. The summed E-state index contributed by atoms with van der Waals surface area (Å²) >= 11 is 0. The molecule has 7 heteroatoms. The Hall–Kier alpha value is -2.67. The van der Waals surface area contributed by atoms with E-state index in [4.69, 9.17) is 0 Å². The minimum Gasteiger partial charge on any atom is -0.508 e. The molecule has 1 aliphatic rings. The van der Waals surface area contributed by atoms with Crippen molar-refractivity contribution in [3.8, 4) is 5.75 Å². The number of piperazine rings is 1. The molecule has 1 heterocycles. The van der Waals surface area contributed by atoms with E-state index >= 15 is 0 Å². The predicted molar refractivity (Wildman–Crippen MR) is 88.7 cm³/mol. The number of phenolic OH excluding ortho intramolecular Hbond substituents is 1. The molecule has 0 unspecified atom stereocenters. The van der Waals surface area contributed by atoms with Gasteiger partial charge in [0.2, 0.25) is 0 Å². The van der Waals surface area contributed by atoms with Gasteiger partial charge in [0, 0.05) is 32.7 Å². The summed E-state index contributed by atoms with van der Waals surface area (Å²) in [6.07, 6.45) is 0. The predicted octanol–water partition coefficient (Wildman–Crippen LogP) is 2.76. The number of halogens is 1. The van der Waals surface area contributed by atoms with Crippen LogP contribution in [0.4, 0.5) is 15.8 Å². The number of nitro groups is 1. The number of phenols is 1. The highest BCUT2D eigenvalue weighted by molar-refractivity contribution is 5.63. The van der Waals surface area contributed by atoms with Gasteiger partial charge < -0.3 is 10.0 Å². The van der Waals surface area contributed by atoms with Gasteiger partial charge in [0.1, 0.15) is 17.3 Å². The molecule has 126 valence electrons. The van der Waals surface area contributed by atoms with E-state index in [1.165, 1.54) is 12.1 Å². The molecule has 0 spiro atoms. The van der Waals surface area contributed by atoms with Gasteiger partial charge in [-0.2, -0.15) is 0 Å². The van der Waals surface area contributed by atoms with Crippen LogP contribution in [-0.4, -0.2) is 41.1 Å². The van der Waals surface area contributed by atoms with E-state index in [1.54, 1.807) is 12.1 Å². The van der Waals surface area contributed by atoms with Gasteiger partial charge in [-0.3, -0.25) is 15.0 Å². The Morgan fingerprint density at radius 3 is 2.54 bits per heavy atom. The molecule has 0 saturated carbocycles. The number of rotatable bonds is 4. The molecule has 0 aromatic heterocycles. The Labute approximate surface area is 138 Å². The van der Waals surface area contributed by atoms with E-state index in [9.17, 15) is 19.6 Å². The molecule has 2 aromatic rings. The number of nitro benzene ring substituents is 1. The first-order valence-electron chi connectivity index (χ1n) is 7.72. The fourth-order valence-corrected chi connectivity index (χ4v) is 2.97. The van der Waals surface area contributed by atoms with Crippen LogP contribution in [0.2, 0.25) is 0 Å². The van der Waals surface area contributed by atoms with Crippen LogP contribution in [0.15, 0.2) is 42.5 Å². The third-order valence-electron chi connectivity index (χ3n) is 4.16. The summed E-state index contributed by atoms with van der Waals surface area (Å²) in [5.41, 5.74) is 1.28. The van der Waals surface area contributed by atoms with Crippen LogP contribution in [0.25, 0.3) is 0 Å². The summed E-state index contributed by atoms with van der Waals surface area (Å²) in [4.78, 5) is 14.7. The molecule has 2 aromatic carbocycles. The van der Waals surface area contributed by atoms with Gasteiger partial charge in [0.25, 0.3) is 5.69 Å². The van der Waals surface area contributed by atoms with E-state index in [0.717, 1.165) is 24.7 Å². The summed E-state index contributed by atoms with van der Waals surface area (Å²) in [7, 11) is 0. The smallest absolute Gasteiger partial charge is 0.295 e. The fraction of sp³-hybridized carbons (Fsp3) is 0.294. The van der Waals surface area contributed by atoms with Crippen molar-refractivity contribution in [3.05, 3.63) is 64.0 Å². The van der Waals surface area contributed by atoms with Gasteiger partial charge in [-0.25, -0.2) is 4.39 Å². The second-order valence-electron chi connectivity index (χ2n) is 5.82. The number of hydrogen-bond donors (Lipinski definition) is 1. The molecule has 1 saturated heterocycles. The largest absolute Gasteiger partial charge is 0.508 e. The average molecular weight is 331 g/mol. The van der Waals surface area contributed by atoms with E-state index < -0.39 is 10.7 Å². The summed E-state index contributed by atoms with van der Waals surface area (Å²) < 4.78 is 13.3. The Bertz CT molecular complexity index is 746. The molecular formula is C17H18FN3O3. The average Bonchev–Trinajstić information content (AvgIpc) is 2.56. The van der Waals surface area contributed by atoms with Gasteiger partial charge >= 0.3 is 0 Å². The lowest BCUT2D eigenvalue weighted by molar-refractivity contribution is -0.384. The summed E-state index contributed by atoms with van der Waals surface area (Å²) in [5.74, 6) is -0.360. The van der Waals surface area contributed by atoms with Crippen molar-refractivity contribution >= 4 is 11.4 Å². The van der Waals surface area contributed by atoms with E-state index in [1.807, 2.05) is 17.0 Å². The lowest BCUT2D eigenvalue weighted by atomic mass is 10.1. The standard InChI is InChI=1S/C17H18FN3O3/c18-14-4-5-16(17(11-14)21(23)24)20-8-6-19(7-9-20)12-13-2-1-3-15(22)10-13/h1-5,10-11,22H,6-9,12H2. The Morgan fingerprint density at radius 2 is 1.88 bits per heavy atom. The molecule has 1 fully saturated rings. The SMILES string of the molecule is O=[N+]([O-])c1cc(F)ccc1N1CCN(Cc2cccc(O)c2)CC1. The minimum absolute atomic E-state index is 0.198. The van der Waals surface area contributed by atoms with E-state index in [0.29, 0.717) is 25.3 Å². The Morgan fingerprint density at radius 1 is 1.12 bits per heavy atom. The van der Waals surface area contributed by atoms with Crippen LogP contribution in [-0.2, 0) is 6.54 Å². The topological polar surface area (TPSA) is 69.9 Å². The van der Waals surface area contributed by atoms with Crippen molar-refractivity contribution < 1.29 is 14.4 Å². The zero-order chi connectivity index (χ0) is 17.1. The van der Waals surface area contributed by atoms with Crippen LogP contribution < -0.4 is 4.90 Å². The molecule has 0 atom stereocenters. The van der Waals surface area contributed by atoms with Crippen LogP contribution in [0, 0.1) is 15.9 Å². The maximum Gasteiger partial charge on any atom is 0.295 e. The number of hydrogen-bond acceptors (Lipinski definition) is 5. The lowest BCUT2D eigenvalue weighted by Crippen LogP contribution is -2.46. The van der Waals surface area contributed by atoms with Gasteiger partial charge in [-0.1, -0.05) is 12.1 Å². The number of anilines is 1. The highest BCUT2D eigenvalue weighted by Gasteiger charge is 2.24. The minimum atomic E-state index is -0.604. The number of nitrogens with zero attached hydrogens (tertiary/aromatic N) is 3. The second-order valence-corrected chi connectivity index (χ2v) is 5.82. The van der Waals surface area contributed by atoms with E-state index in [-0.39, 0.29) is 11.4 Å². The molecule has 3 rings (SSSR count). The summed E-state index contributed by atoms with van der Waals surface area (Å²) in [6.45, 7) is 3.46. The fourth-order valence-electron chi connectivity index (χ4n) is 2.97. The third-order valence-corrected chi connectivity index (χ3v) is 4.16. The van der Waals surface area contributed by atoms with Crippen molar-refractivity contribution in [1.82, 2.24) is 4.90 Å². The molecule has 24 heavy (non-hydrogen) atoms. The zero-order valence-electron chi connectivity index (χ0n) is 13.1. The molecule has 0 aliphatic carbocycles. The summed E-state index contributed by atoms with van der Waals surface area (Å²) in [6, 6.07) is 10.8. The monoisotopic (exact) mass is 331 g/mol. The number of aromatic hydroxyl groups is 1. The van der Waals surface area contributed by atoms with Gasteiger partial charge in [0.05, 0.1) is 11.0 Å². The highest BCUT2D eigenvalue weighted by Crippen LogP contribution is 2.29. The third kappa shape index (κ3) is 3.62. The second kappa shape index (κ2) is 6.84. The van der Waals surface area contributed by atoms with Crippen molar-refractivity contribution in [2.45, 2.75) is 6.54 Å². The summed E-state index contributed by atoms with van der Waals surface area (Å²) in [5, 5.41) is 20.6. The first kappa shape index (κ1) is 16.2. The van der Waals surface area contributed by atoms with Crippen molar-refractivity contribution in [3.63, 3.8) is 0 Å². The molecule has 6 nitrogen and oxygen atoms in total. The highest BCUT2D eigenvalue weighted by atomic mass is 19.1. The lowest BCUT2D eigenvalue weighted by Gasteiger charge is -2.35. The van der Waals surface area contributed by atoms with Crippen molar-refractivity contribution in [1.29, 1.82) is 0 Å². The maximum absolute atomic E-state index is 13.3. The van der Waals surface area contributed by atoms with Gasteiger partial charge in [-0.05, 0) is 29.8 Å². The number of benzene rings is 2. The molecule has 1 N–H and O–H groups in total. The maximum atomic E-state index is 13.3. The molecule has 0 radical (unpaired) electrons. The first-order valence-corrected chi connectivity index (χ1v) is 7.72. The van der Waals surface area contributed by atoms with Crippen molar-refractivity contribution in [2.75, 3.05) is 31.1 Å². The van der Waals surface area contributed by atoms with Crippen LogP contribution in [0.5, 0.6) is 5.75 Å². The van der Waals surface area contributed by atoms with Crippen molar-refractivity contribution in [2.24, 2.45) is 0 Å². The van der Waals surface area contributed by atoms with Gasteiger partial charge in [0.15, 0.2) is 0 Å².